The maximum Gasteiger partial charge on any atom is 0.274 e. The van der Waals surface area contributed by atoms with Crippen LogP contribution in [0.2, 0.25) is 0 Å². The maximum atomic E-state index is 13.6. The summed E-state index contributed by atoms with van der Waals surface area (Å²) in [6, 6.07) is 6.34. The standard InChI is InChI=1S/C17H19FN4O/c18-13-7-3-4-8-14(13)21-16-12-19-15(11-20-16)17(23)22-9-5-1-2-6-10-22/h3-4,7-8,11-12H,1-2,5-6,9-10H2,(H,20,21). The Morgan fingerprint density at radius 3 is 2.43 bits per heavy atom. The first-order valence-electron chi connectivity index (χ1n) is 7.87. The van der Waals surface area contributed by atoms with E-state index >= 15 is 0 Å². The molecule has 1 saturated heterocycles. The van der Waals surface area contributed by atoms with Crippen molar-refractivity contribution < 1.29 is 9.18 Å². The van der Waals surface area contributed by atoms with Gasteiger partial charge in [-0.25, -0.2) is 14.4 Å². The Kier molecular flexibility index (Phi) is 4.80. The highest BCUT2D eigenvalue weighted by Gasteiger charge is 2.18. The molecule has 0 radical (unpaired) electrons. The van der Waals surface area contributed by atoms with E-state index in [-0.39, 0.29) is 11.7 Å². The van der Waals surface area contributed by atoms with Crippen molar-refractivity contribution in [2.45, 2.75) is 25.7 Å². The molecular weight excluding hydrogens is 295 g/mol. The molecule has 120 valence electrons. The monoisotopic (exact) mass is 314 g/mol. The lowest BCUT2D eigenvalue weighted by atomic mass is 10.2. The molecule has 1 aliphatic rings. The first kappa shape index (κ1) is 15.4. The molecule has 0 atom stereocenters. The Balaban J connectivity index is 1.69. The Hall–Kier alpha value is -2.50. The second kappa shape index (κ2) is 7.17. The van der Waals surface area contributed by atoms with Gasteiger partial charge in [-0.05, 0) is 25.0 Å². The van der Waals surface area contributed by atoms with Crippen LogP contribution < -0.4 is 5.32 Å². The topological polar surface area (TPSA) is 58.1 Å². The van der Waals surface area contributed by atoms with Gasteiger partial charge in [0.2, 0.25) is 0 Å². The van der Waals surface area contributed by atoms with E-state index in [0.29, 0.717) is 17.2 Å². The zero-order valence-corrected chi connectivity index (χ0v) is 12.8. The zero-order chi connectivity index (χ0) is 16.1. The molecule has 1 N–H and O–H groups in total. The number of hydrogen-bond donors (Lipinski definition) is 1. The number of carbonyl (C=O) groups is 1. The van der Waals surface area contributed by atoms with Crippen molar-refractivity contribution in [2.24, 2.45) is 0 Å². The molecule has 0 unspecified atom stereocenters. The second-order valence-electron chi connectivity index (χ2n) is 5.60. The number of anilines is 2. The minimum absolute atomic E-state index is 0.0863. The maximum absolute atomic E-state index is 13.6. The van der Waals surface area contributed by atoms with Crippen LogP contribution in [0.1, 0.15) is 36.2 Å². The molecule has 1 aliphatic heterocycles. The molecule has 3 rings (SSSR count). The molecule has 1 aromatic carbocycles. The Bertz CT molecular complexity index is 667. The summed E-state index contributed by atoms with van der Waals surface area (Å²) in [5, 5.41) is 2.85. The van der Waals surface area contributed by atoms with E-state index in [9.17, 15) is 9.18 Å². The fourth-order valence-electron chi connectivity index (χ4n) is 2.64. The molecule has 1 fully saturated rings. The van der Waals surface area contributed by atoms with E-state index < -0.39 is 0 Å². The number of nitrogens with one attached hydrogen (secondary N) is 1. The van der Waals surface area contributed by atoms with E-state index in [1.165, 1.54) is 31.3 Å². The Morgan fingerprint density at radius 1 is 1.04 bits per heavy atom. The molecule has 0 bridgehead atoms. The first-order valence-corrected chi connectivity index (χ1v) is 7.87. The minimum Gasteiger partial charge on any atom is -0.337 e. The van der Waals surface area contributed by atoms with E-state index in [1.807, 2.05) is 4.90 Å². The third kappa shape index (κ3) is 3.83. The van der Waals surface area contributed by atoms with Crippen molar-refractivity contribution in [1.82, 2.24) is 14.9 Å². The van der Waals surface area contributed by atoms with Gasteiger partial charge in [-0.15, -0.1) is 0 Å². The van der Waals surface area contributed by atoms with Crippen molar-refractivity contribution in [3.63, 3.8) is 0 Å². The number of para-hydroxylation sites is 1. The highest BCUT2D eigenvalue weighted by atomic mass is 19.1. The number of benzene rings is 1. The zero-order valence-electron chi connectivity index (χ0n) is 12.8. The summed E-state index contributed by atoms with van der Waals surface area (Å²) in [5.74, 6) is -0.0432. The summed E-state index contributed by atoms with van der Waals surface area (Å²) in [4.78, 5) is 22.6. The molecule has 0 aliphatic carbocycles. The minimum atomic E-state index is -0.362. The Labute approximate surface area is 134 Å². The third-order valence-electron chi connectivity index (χ3n) is 3.90. The summed E-state index contributed by atoms with van der Waals surface area (Å²) in [5.41, 5.74) is 0.652. The van der Waals surface area contributed by atoms with Crippen molar-refractivity contribution in [3.8, 4) is 0 Å². The van der Waals surface area contributed by atoms with Gasteiger partial charge in [0, 0.05) is 13.1 Å². The fraction of sp³-hybridized carbons (Fsp3) is 0.353. The van der Waals surface area contributed by atoms with Crippen molar-refractivity contribution in [3.05, 3.63) is 48.2 Å². The highest BCUT2D eigenvalue weighted by Crippen LogP contribution is 2.18. The third-order valence-corrected chi connectivity index (χ3v) is 3.90. The molecule has 0 spiro atoms. The number of nitrogens with zero attached hydrogens (tertiary/aromatic N) is 3. The van der Waals surface area contributed by atoms with Crippen molar-refractivity contribution in [1.29, 1.82) is 0 Å². The van der Waals surface area contributed by atoms with Crippen LogP contribution >= 0.6 is 0 Å². The molecule has 2 aromatic rings. The van der Waals surface area contributed by atoms with Gasteiger partial charge in [0.1, 0.15) is 17.3 Å². The largest absolute Gasteiger partial charge is 0.337 e. The van der Waals surface area contributed by atoms with E-state index in [4.69, 9.17) is 0 Å². The lowest BCUT2D eigenvalue weighted by molar-refractivity contribution is 0.0755. The van der Waals surface area contributed by atoms with Crippen molar-refractivity contribution >= 4 is 17.4 Å². The van der Waals surface area contributed by atoms with Gasteiger partial charge in [0.15, 0.2) is 0 Å². The first-order chi connectivity index (χ1) is 11.2. The number of rotatable bonds is 3. The van der Waals surface area contributed by atoms with Gasteiger partial charge in [-0.2, -0.15) is 0 Å². The van der Waals surface area contributed by atoms with Crippen LogP contribution in [-0.2, 0) is 0 Å². The van der Waals surface area contributed by atoms with Gasteiger partial charge >= 0.3 is 0 Å². The van der Waals surface area contributed by atoms with Gasteiger partial charge in [0.25, 0.3) is 5.91 Å². The number of amides is 1. The lowest BCUT2D eigenvalue weighted by Crippen LogP contribution is -2.32. The van der Waals surface area contributed by atoms with Crippen LogP contribution in [0.15, 0.2) is 36.7 Å². The average molecular weight is 314 g/mol. The SMILES string of the molecule is O=C(c1cnc(Nc2ccccc2F)cn1)N1CCCCCC1. The summed E-state index contributed by atoms with van der Waals surface area (Å²) in [6.07, 6.45) is 7.30. The van der Waals surface area contributed by atoms with Gasteiger partial charge in [-0.3, -0.25) is 4.79 Å². The average Bonchev–Trinajstić information content (AvgIpc) is 2.86. The predicted octanol–water partition coefficient (Wildman–Crippen LogP) is 3.38. The van der Waals surface area contributed by atoms with Crippen LogP contribution in [0.4, 0.5) is 15.9 Å². The molecule has 1 amide bonds. The number of carbonyl (C=O) groups excluding carboxylic acids is 1. The summed E-state index contributed by atoms with van der Waals surface area (Å²) in [6.45, 7) is 1.55. The predicted molar refractivity (Wildman–Crippen MR) is 86.1 cm³/mol. The van der Waals surface area contributed by atoms with E-state index in [1.54, 1.807) is 18.2 Å². The number of hydrogen-bond acceptors (Lipinski definition) is 4. The van der Waals surface area contributed by atoms with Crippen LogP contribution in [-0.4, -0.2) is 33.9 Å². The number of likely N-dealkylation sites (tertiary alicyclic amines) is 1. The smallest absolute Gasteiger partial charge is 0.274 e. The summed E-state index contributed by atoms with van der Waals surface area (Å²) >= 11 is 0. The van der Waals surface area contributed by atoms with Crippen LogP contribution in [0, 0.1) is 5.82 Å². The van der Waals surface area contributed by atoms with E-state index in [0.717, 1.165) is 25.9 Å². The fourth-order valence-corrected chi connectivity index (χ4v) is 2.64. The van der Waals surface area contributed by atoms with Crippen LogP contribution in [0.3, 0.4) is 0 Å². The summed E-state index contributed by atoms with van der Waals surface area (Å²) < 4.78 is 13.6. The second-order valence-corrected chi connectivity index (χ2v) is 5.60. The molecule has 5 nitrogen and oxygen atoms in total. The molecule has 23 heavy (non-hydrogen) atoms. The quantitative estimate of drug-likeness (QED) is 0.943. The molecule has 0 saturated carbocycles. The van der Waals surface area contributed by atoms with E-state index in [2.05, 4.69) is 15.3 Å². The number of halogens is 1. The van der Waals surface area contributed by atoms with Crippen LogP contribution in [0.5, 0.6) is 0 Å². The van der Waals surface area contributed by atoms with Crippen molar-refractivity contribution in [2.75, 3.05) is 18.4 Å². The number of aromatic nitrogens is 2. The molecular formula is C17H19FN4O. The van der Waals surface area contributed by atoms with Gasteiger partial charge < -0.3 is 10.2 Å². The molecule has 1 aromatic heterocycles. The lowest BCUT2D eigenvalue weighted by Gasteiger charge is -2.19. The summed E-state index contributed by atoms with van der Waals surface area (Å²) in [7, 11) is 0. The Morgan fingerprint density at radius 2 is 1.78 bits per heavy atom. The van der Waals surface area contributed by atoms with Crippen LogP contribution in [0.25, 0.3) is 0 Å². The normalized spacial score (nSPS) is 15.1. The van der Waals surface area contributed by atoms with Gasteiger partial charge in [0.05, 0.1) is 18.1 Å². The van der Waals surface area contributed by atoms with Gasteiger partial charge in [-0.1, -0.05) is 25.0 Å². The molecule has 6 heteroatoms. The highest BCUT2D eigenvalue weighted by molar-refractivity contribution is 5.92. The molecule has 2 heterocycles.